The van der Waals surface area contributed by atoms with Crippen LogP contribution in [-0.4, -0.2) is 6.21 Å². The van der Waals surface area contributed by atoms with Crippen molar-refractivity contribution in [3.63, 3.8) is 0 Å². The number of nitrogens with one attached hydrogen (secondary N) is 1. The van der Waals surface area contributed by atoms with Gasteiger partial charge in [-0.25, -0.2) is 0 Å². The normalized spacial score (nSPS) is 17.7. The number of hydrazone groups is 1. The third-order valence-corrected chi connectivity index (χ3v) is 5.96. The quantitative estimate of drug-likeness (QED) is 0.302. The van der Waals surface area contributed by atoms with Crippen molar-refractivity contribution in [1.82, 2.24) is 0 Å². The Balaban J connectivity index is 1.53. The van der Waals surface area contributed by atoms with E-state index in [1.807, 2.05) is 36.5 Å². The molecule has 4 aromatic carbocycles. The van der Waals surface area contributed by atoms with E-state index < -0.39 is 0 Å². The van der Waals surface area contributed by atoms with Crippen molar-refractivity contribution >= 4 is 11.9 Å². The zero-order chi connectivity index (χ0) is 20.2. The van der Waals surface area contributed by atoms with E-state index in [-0.39, 0.29) is 0 Å². The van der Waals surface area contributed by atoms with Gasteiger partial charge in [0, 0.05) is 5.92 Å². The maximum Gasteiger partial charge on any atom is 0.0561 e. The Kier molecular flexibility index (Phi) is 5.14. The maximum absolute atomic E-state index is 4.52. The van der Waals surface area contributed by atoms with Gasteiger partial charge in [0.05, 0.1) is 11.9 Å². The number of anilines is 1. The molecule has 5 rings (SSSR count). The summed E-state index contributed by atoms with van der Waals surface area (Å²) in [5.41, 5.74) is 10.9. The Morgan fingerprint density at radius 3 is 2.10 bits per heavy atom. The smallest absolute Gasteiger partial charge is 0.0561 e. The molecular formula is C28H24N2. The van der Waals surface area contributed by atoms with Crippen molar-refractivity contribution in [2.24, 2.45) is 5.10 Å². The molecule has 2 unspecified atom stereocenters. The van der Waals surface area contributed by atoms with Gasteiger partial charge >= 0.3 is 0 Å². The fourth-order valence-electron chi connectivity index (χ4n) is 4.59. The minimum absolute atomic E-state index is 0.322. The van der Waals surface area contributed by atoms with Crippen LogP contribution in [0.15, 0.2) is 114 Å². The highest BCUT2D eigenvalue weighted by Gasteiger charge is 2.35. The predicted molar refractivity (Wildman–Crippen MR) is 125 cm³/mol. The third kappa shape index (κ3) is 3.65. The average molecular weight is 389 g/mol. The van der Waals surface area contributed by atoms with Crippen LogP contribution in [0.5, 0.6) is 0 Å². The number of hydrogen-bond donors (Lipinski definition) is 1. The summed E-state index contributed by atoms with van der Waals surface area (Å²) in [6.45, 7) is 0. The van der Waals surface area contributed by atoms with E-state index in [2.05, 4.69) is 89.4 Å². The van der Waals surface area contributed by atoms with Crippen molar-refractivity contribution in [1.29, 1.82) is 0 Å². The highest BCUT2D eigenvalue weighted by Crippen LogP contribution is 2.48. The van der Waals surface area contributed by atoms with Crippen LogP contribution in [0.4, 0.5) is 5.69 Å². The first-order valence-electron chi connectivity index (χ1n) is 10.5. The lowest BCUT2D eigenvalue weighted by atomic mass is 9.80. The standard InChI is InChI=1S/C28H24N2/c1-3-11-21(12-4-1)27-19-22-13-7-9-17-25(22)28(27)26-18-10-8-14-23(26)20-29-30-24-15-5-2-6-16-24/h1-18,20,27-28,30H,19H2. The lowest BCUT2D eigenvalue weighted by molar-refractivity contribution is 0.656. The van der Waals surface area contributed by atoms with Gasteiger partial charge in [-0.3, -0.25) is 5.43 Å². The van der Waals surface area contributed by atoms with Crippen LogP contribution < -0.4 is 5.43 Å². The van der Waals surface area contributed by atoms with Crippen LogP contribution in [0, 0.1) is 0 Å². The molecule has 0 saturated carbocycles. The topological polar surface area (TPSA) is 24.4 Å². The molecule has 0 radical (unpaired) electrons. The molecule has 30 heavy (non-hydrogen) atoms. The fourth-order valence-corrected chi connectivity index (χ4v) is 4.59. The molecule has 1 aliphatic rings. The molecule has 0 aliphatic heterocycles. The van der Waals surface area contributed by atoms with E-state index in [9.17, 15) is 0 Å². The Morgan fingerprint density at radius 2 is 1.30 bits per heavy atom. The van der Waals surface area contributed by atoms with Crippen LogP contribution in [0.25, 0.3) is 0 Å². The van der Waals surface area contributed by atoms with Crippen molar-refractivity contribution in [2.75, 3.05) is 5.43 Å². The SMILES string of the molecule is C(=NNc1ccccc1)c1ccccc1C1c2ccccc2CC1c1ccccc1. The monoisotopic (exact) mass is 388 g/mol. The highest BCUT2D eigenvalue weighted by atomic mass is 15.3. The second-order valence-electron chi connectivity index (χ2n) is 7.76. The second kappa shape index (κ2) is 8.38. The van der Waals surface area contributed by atoms with Crippen LogP contribution >= 0.6 is 0 Å². The van der Waals surface area contributed by atoms with Crippen LogP contribution in [0.1, 0.15) is 39.7 Å². The summed E-state index contributed by atoms with van der Waals surface area (Å²) in [6.07, 6.45) is 3.02. The molecule has 2 atom stereocenters. The van der Waals surface area contributed by atoms with Gasteiger partial charge in [-0.1, -0.05) is 97.1 Å². The van der Waals surface area contributed by atoms with E-state index in [0.29, 0.717) is 11.8 Å². The maximum atomic E-state index is 4.52. The molecular weight excluding hydrogens is 364 g/mol. The molecule has 2 heteroatoms. The molecule has 0 amide bonds. The van der Waals surface area contributed by atoms with Crippen molar-refractivity contribution < 1.29 is 0 Å². The zero-order valence-corrected chi connectivity index (χ0v) is 16.8. The fraction of sp³-hybridized carbons (Fsp3) is 0.107. The Labute approximate surface area is 177 Å². The first-order chi connectivity index (χ1) is 14.9. The van der Waals surface area contributed by atoms with Crippen molar-refractivity contribution in [2.45, 2.75) is 18.3 Å². The number of para-hydroxylation sites is 1. The first-order valence-corrected chi connectivity index (χ1v) is 10.5. The van der Waals surface area contributed by atoms with Gasteiger partial charge in [-0.2, -0.15) is 5.10 Å². The second-order valence-corrected chi connectivity index (χ2v) is 7.76. The third-order valence-electron chi connectivity index (χ3n) is 5.96. The summed E-state index contributed by atoms with van der Waals surface area (Å²) in [5.74, 6) is 0.753. The number of rotatable bonds is 5. The molecule has 146 valence electrons. The van der Waals surface area contributed by atoms with E-state index in [1.54, 1.807) is 0 Å². The number of benzene rings is 4. The molecule has 1 N–H and O–H groups in total. The van der Waals surface area contributed by atoms with Crippen molar-refractivity contribution in [3.8, 4) is 0 Å². The summed E-state index contributed by atoms with van der Waals surface area (Å²) >= 11 is 0. The number of fused-ring (bicyclic) bond motifs is 1. The van der Waals surface area contributed by atoms with Crippen molar-refractivity contribution in [3.05, 3.63) is 137 Å². The van der Waals surface area contributed by atoms with Gasteiger partial charge < -0.3 is 0 Å². The largest absolute Gasteiger partial charge is 0.279 e. The van der Waals surface area contributed by atoms with Crippen LogP contribution in [0.2, 0.25) is 0 Å². The summed E-state index contributed by atoms with van der Waals surface area (Å²) in [6, 6.07) is 38.5. The van der Waals surface area contributed by atoms with E-state index >= 15 is 0 Å². The predicted octanol–water partition coefficient (Wildman–Crippen LogP) is 6.60. The lowest BCUT2D eigenvalue weighted by Gasteiger charge is -2.23. The molecule has 0 heterocycles. The summed E-state index contributed by atoms with van der Waals surface area (Å²) in [7, 11) is 0. The van der Waals surface area contributed by atoms with Crippen LogP contribution in [-0.2, 0) is 6.42 Å². The summed E-state index contributed by atoms with van der Waals surface area (Å²) in [4.78, 5) is 0. The minimum atomic E-state index is 0.322. The van der Waals surface area contributed by atoms with E-state index in [1.165, 1.54) is 22.3 Å². The molecule has 0 bridgehead atoms. The Hall–Kier alpha value is -3.65. The first kappa shape index (κ1) is 18.4. The zero-order valence-electron chi connectivity index (χ0n) is 16.8. The lowest BCUT2D eigenvalue weighted by Crippen LogP contribution is -2.10. The van der Waals surface area contributed by atoms with Crippen LogP contribution in [0.3, 0.4) is 0 Å². The van der Waals surface area contributed by atoms with Gasteiger partial charge in [0.1, 0.15) is 0 Å². The van der Waals surface area contributed by atoms with E-state index in [0.717, 1.165) is 17.7 Å². The molecule has 0 aromatic heterocycles. The number of nitrogens with zero attached hydrogens (tertiary/aromatic N) is 1. The van der Waals surface area contributed by atoms with Gasteiger partial charge in [0.25, 0.3) is 0 Å². The molecule has 1 aliphatic carbocycles. The van der Waals surface area contributed by atoms with E-state index in [4.69, 9.17) is 0 Å². The Morgan fingerprint density at radius 1 is 0.667 bits per heavy atom. The van der Waals surface area contributed by atoms with Gasteiger partial charge in [-0.05, 0) is 52.3 Å². The van der Waals surface area contributed by atoms with Gasteiger partial charge in [-0.15, -0.1) is 0 Å². The highest BCUT2D eigenvalue weighted by molar-refractivity contribution is 5.83. The molecule has 0 spiro atoms. The van der Waals surface area contributed by atoms with Gasteiger partial charge in [0.15, 0.2) is 0 Å². The molecule has 0 fully saturated rings. The number of hydrogen-bond acceptors (Lipinski definition) is 2. The summed E-state index contributed by atoms with van der Waals surface area (Å²) in [5, 5.41) is 4.52. The molecule has 4 aromatic rings. The summed E-state index contributed by atoms with van der Waals surface area (Å²) < 4.78 is 0. The average Bonchev–Trinajstić information content (AvgIpc) is 3.20. The molecule has 0 saturated heterocycles. The minimum Gasteiger partial charge on any atom is -0.279 e. The Bertz CT molecular complexity index is 1150. The van der Waals surface area contributed by atoms with Gasteiger partial charge in [0.2, 0.25) is 0 Å². The molecule has 2 nitrogen and oxygen atoms in total.